The summed E-state index contributed by atoms with van der Waals surface area (Å²) < 4.78 is 4.91. The highest BCUT2D eigenvalue weighted by atomic mass is 16.6. The first-order chi connectivity index (χ1) is 6.26. The maximum Gasteiger partial charge on any atom is 0.408 e. The van der Waals surface area contributed by atoms with Gasteiger partial charge in [0, 0.05) is 6.54 Å². The first-order valence-electron chi connectivity index (χ1n) is 4.25. The molecule has 0 aliphatic carbocycles. The molecule has 0 bridgehead atoms. The van der Waals surface area contributed by atoms with Crippen LogP contribution in [0.4, 0.5) is 4.79 Å². The van der Waals surface area contributed by atoms with Crippen molar-refractivity contribution in [1.29, 1.82) is 0 Å². The molecule has 2 amide bonds. The molecular formula is C8H17N3O3. The Hall–Kier alpha value is -1.30. The fourth-order valence-corrected chi connectivity index (χ4v) is 0.696. The molecule has 0 fully saturated rings. The quantitative estimate of drug-likeness (QED) is 0.565. The number of rotatable bonds is 3. The minimum atomic E-state index is -0.884. The molecule has 0 spiro atoms. The average molecular weight is 203 g/mol. The van der Waals surface area contributed by atoms with Crippen molar-refractivity contribution < 1.29 is 14.3 Å². The van der Waals surface area contributed by atoms with Crippen molar-refractivity contribution in [2.75, 3.05) is 6.54 Å². The molecule has 1 atom stereocenters. The summed E-state index contributed by atoms with van der Waals surface area (Å²) in [5.41, 5.74) is 9.57. The highest BCUT2D eigenvalue weighted by Gasteiger charge is 2.21. The first kappa shape index (κ1) is 12.7. The molecule has 82 valence electrons. The van der Waals surface area contributed by atoms with Gasteiger partial charge >= 0.3 is 6.09 Å². The second-order valence-corrected chi connectivity index (χ2v) is 3.84. The zero-order valence-corrected chi connectivity index (χ0v) is 8.66. The molecule has 1 unspecified atom stereocenters. The number of carbonyl (C=O) groups is 2. The van der Waals surface area contributed by atoms with E-state index in [1.165, 1.54) is 0 Å². The standard InChI is InChI=1S/C8H17N3O3/c1-8(2,3)14-7(13)11-5(4-9)6(10)12/h5H,4,9H2,1-3H3,(H2,10,12)(H,11,13). The number of hydrogen-bond donors (Lipinski definition) is 3. The fourth-order valence-electron chi connectivity index (χ4n) is 0.696. The zero-order valence-electron chi connectivity index (χ0n) is 8.66. The molecule has 6 heteroatoms. The van der Waals surface area contributed by atoms with Crippen molar-refractivity contribution in [2.24, 2.45) is 11.5 Å². The molecule has 0 aliphatic rings. The summed E-state index contributed by atoms with van der Waals surface area (Å²) in [5.74, 6) is -0.682. The van der Waals surface area contributed by atoms with E-state index in [1.807, 2.05) is 0 Å². The number of primary amides is 1. The number of nitrogens with one attached hydrogen (secondary N) is 1. The van der Waals surface area contributed by atoms with Crippen LogP contribution in [0.3, 0.4) is 0 Å². The van der Waals surface area contributed by atoms with Crippen molar-refractivity contribution >= 4 is 12.0 Å². The summed E-state index contributed by atoms with van der Waals surface area (Å²) in [6.45, 7) is 5.10. The minimum Gasteiger partial charge on any atom is -0.444 e. The van der Waals surface area contributed by atoms with Crippen molar-refractivity contribution in [1.82, 2.24) is 5.32 Å². The van der Waals surface area contributed by atoms with Crippen LogP contribution < -0.4 is 16.8 Å². The predicted molar refractivity (Wildman–Crippen MR) is 51.4 cm³/mol. The summed E-state index contributed by atoms with van der Waals surface area (Å²) in [7, 11) is 0. The lowest BCUT2D eigenvalue weighted by Crippen LogP contribution is -2.50. The van der Waals surface area contributed by atoms with Gasteiger partial charge in [0.15, 0.2) is 0 Å². The molecule has 0 saturated heterocycles. The van der Waals surface area contributed by atoms with Gasteiger partial charge in [-0.05, 0) is 20.8 Å². The van der Waals surface area contributed by atoms with Crippen LogP contribution in [-0.2, 0) is 9.53 Å². The molecule has 0 rings (SSSR count). The summed E-state index contributed by atoms with van der Waals surface area (Å²) in [4.78, 5) is 21.8. The van der Waals surface area contributed by atoms with Crippen LogP contribution in [0.15, 0.2) is 0 Å². The Morgan fingerprint density at radius 1 is 1.43 bits per heavy atom. The van der Waals surface area contributed by atoms with Crippen LogP contribution in [0, 0.1) is 0 Å². The van der Waals surface area contributed by atoms with Gasteiger partial charge < -0.3 is 21.5 Å². The van der Waals surface area contributed by atoms with E-state index in [4.69, 9.17) is 16.2 Å². The summed E-state index contributed by atoms with van der Waals surface area (Å²) >= 11 is 0. The van der Waals surface area contributed by atoms with Gasteiger partial charge in [0.05, 0.1) is 0 Å². The Morgan fingerprint density at radius 3 is 2.21 bits per heavy atom. The van der Waals surface area contributed by atoms with Gasteiger partial charge in [0.1, 0.15) is 11.6 Å². The van der Waals surface area contributed by atoms with Crippen LogP contribution in [0.5, 0.6) is 0 Å². The van der Waals surface area contributed by atoms with Crippen molar-refractivity contribution in [3.8, 4) is 0 Å². The lowest BCUT2D eigenvalue weighted by molar-refractivity contribution is -0.119. The first-order valence-corrected chi connectivity index (χ1v) is 4.25. The molecular weight excluding hydrogens is 186 g/mol. The van der Waals surface area contributed by atoms with Gasteiger partial charge in [-0.3, -0.25) is 4.79 Å². The van der Waals surface area contributed by atoms with Crippen LogP contribution in [0.2, 0.25) is 0 Å². The van der Waals surface area contributed by atoms with E-state index in [0.717, 1.165) is 0 Å². The van der Waals surface area contributed by atoms with Gasteiger partial charge in [0.25, 0.3) is 0 Å². The van der Waals surface area contributed by atoms with Crippen LogP contribution in [0.25, 0.3) is 0 Å². The molecule has 0 saturated carbocycles. The topological polar surface area (TPSA) is 107 Å². The maximum atomic E-state index is 11.1. The second kappa shape index (κ2) is 4.80. The van der Waals surface area contributed by atoms with Gasteiger partial charge in [0.2, 0.25) is 5.91 Å². The summed E-state index contributed by atoms with van der Waals surface area (Å²) in [6.07, 6.45) is -0.702. The molecule has 0 aromatic heterocycles. The highest BCUT2D eigenvalue weighted by Crippen LogP contribution is 2.06. The number of nitrogens with two attached hydrogens (primary N) is 2. The van der Waals surface area contributed by atoms with Crippen LogP contribution in [0.1, 0.15) is 20.8 Å². The average Bonchev–Trinajstić information content (AvgIpc) is 1.96. The monoisotopic (exact) mass is 203 g/mol. The summed E-state index contributed by atoms with van der Waals surface area (Å²) in [6, 6.07) is -0.884. The van der Waals surface area contributed by atoms with E-state index >= 15 is 0 Å². The van der Waals surface area contributed by atoms with E-state index in [1.54, 1.807) is 20.8 Å². The normalized spacial score (nSPS) is 13.1. The molecule has 14 heavy (non-hydrogen) atoms. The van der Waals surface area contributed by atoms with Gasteiger partial charge in [-0.15, -0.1) is 0 Å². The molecule has 0 heterocycles. The fraction of sp³-hybridized carbons (Fsp3) is 0.750. The SMILES string of the molecule is CC(C)(C)OC(=O)NC(CN)C(N)=O. The molecule has 0 aromatic rings. The Labute approximate surface area is 83.0 Å². The van der Waals surface area contributed by atoms with Crippen molar-refractivity contribution in [3.63, 3.8) is 0 Å². The number of hydrogen-bond acceptors (Lipinski definition) is 4. The smallest absolute Gasteiger partial charge is 0.408 e. The summed E-state index contributed by atoms with van der Waals surface area (Å²) in [5, 5.41) is 2.26. The van der Waals surface area contributed by atoms with E-state index in [0.29, 0.717) is 0 Å². The Kier molecular flexibility index (Phi) is 4.36. The molecule has 6 nitrogen and oxygen atoms in total. The Balaban J connectivity index is 4.11. The lowest BCUT2D eigenvalue weighted by atomic mass is 10.2. The van der Waals surface area contributed by atoms with Crippen LogP contribution in [-0.4, -0.2) is 30.2 Å². The zero-order chi connectivity index (χ0) is 11.4. The molecule has 0 aromatic carbocycles. The number of ether oxygens (including phenoxy) is 1. The third-order valence-corrected chi connectivity index (χ3v) is 1.27. The van der Waals surface area contributed by atoms with Crippen LogP contribution >= 0.6 is 0 Å². The van der Waals surface area contributed by atoms with Gasteiger partial charge in [-0.2, -0.15) is 0 Å². The Morgan fingerprint density at radius 2 is 1.93 bits per heavy atom. The highest BCUT2D eigenvalue weighted by molar-refractivity contribution is 5.84. The Bertz CT molecular complexity index is 222. The maximum absolute atomic E-state index is 11.1. The van der Waals surface area contributed by atoms with E-state index < -0.39 is 23.6 Å². The number of amides is 2. The number of alkyl carbamates (subject to hydrolysis) is 1. The third-order valence-electron chi connectivity index (χ3n) is 1.27. The molecule has 0 radical (unpaired) electrons. The van der Waals surface area contributed by atoms with E-state index in [9.17, 15) is 9.59 Å². The number of carbonyl (C=O) groups excluding carboxylic acids is 2. The van der Waals surface area contributed by atoms with E-state index in [2.05, 4.69) is 5.32 Å². The van der Waals surface area contributed by atoms with Crippen molar-refractivity contribution in [2.45, 2.75) is 32.4 Å². The lowest BCUT2D eigenvalue weighted by Gasteiger charge is -2.21. The molecule has 5 N–H and O–H groups in total. The van der Waals surface area contributed by atoms with Crippen molar-refractivity contribution in [3.05, 3.63) is 0 Å². The minimum absolute atomic E-state index is 0.0470. The van der Waals surface area contributed by atoms with E-state index in [-0.39, 0.29) is 6.54 Å². The molecule has 0 aliphatic heterocycles. The largest absolute Gasteiger partial charge is 0.444 e. The van der Waals surface area contributed by atoms with Gasteiger partial charge in [-0.25, -0.2) is 4.79 Å². The predicted octanol–water partition coefficient (Wildman–Crippen LogP) is -0.676. The second-order valence-electron chi connectivity index (χ2n) is 3.84. The third kappa shape index (κ3) is 5.36. The van der Waals surface area contributed by atoms with Gasteiger partial charge in [-0.1, -0.05) is 0 Å².